The van der Waals surface area contributed by atoms with Crippen LogP contribution < -0.4 is 14.8 Å². The van der Waals surface area contributed by atoms with Gasteiger partial charge in [0.25, 0.3) is 5.91 Å². The number of anilines is 1. The molecule has 144 valence electrons. The third kappa shape index (κ3) is 3.50. The van der Waals surface area contributed by atoms with Crippen LogP contribution in [0.1, 0.15) is 10.5 Å². The molecule has 5 rings (SSSR count). The van der Waals surface area contributed by atoms with Crippen molar-refractivity contribution in [1.29, 1.82) is 0 Å². The number of rotatable bonds is 4. The first-order chi connectivity index (χ1) is 14.2. The standard InChI is InChI=1S/C21H14ClN3O3S/c22-12-3-6-14(7-4-12)29-19-15-2-1-9-23-20(15)25-18(19)21(26)24-13-5-8-16-17(10-13)28-11-27-16/h1-10H,11H2,(H,23,25)(H,24,26). The van der Waals surface area contributed by atoms with Crippen LogP contribution in [0.5, 0.6) is 11.5 Å². The van der Waals surface area contributed by atoms with E-state index in [0.717, 1.165) is 15.2 Å². The monoisotopic (exact) mass is 423 g/mol. The summed E-state index contributed by atoms with van der Waals surface area (Å²) in [6, 6.07) is 16.6. The Labute approximate surface area is 175 Å². The number of pyridine rings is 1. The third-order valence-electron chi connectivity index (χ3n) is 4.41. The minimum Gasteiger partial charge on any atom is -0.454 e. The first-order valence-corrected chi connectivity index (χ1v) is 9.98. The fourth-order valence-corrected chi connectivity index (χ4v) is 4.21. The lowest BCUT2D eigenvalue weighted by Crippen LogP contribution is -2.13. The summed E-state index contributed by atoms with van der Waals surface area (Å²) in [7, 11) is 0. The summed E-state index contributed by atoms with van der Waals surface area (Å²) in [6.07, 6.45) is 1.69. The van der Waals surface area contributed by atoms with Gasteiger partial charge in [0.05, 0.1) is 4.90 Å². The number of fused-ring (bicyclic) bond motifs is 2. The van der Waals surface area contributed by atoms with Crippen LogP contribution in [0.3, 0.4) is 0 Å². The third-order valence-corrected chi connectivity index (χ3v) is 5.80. The maximum atomic E-state index is 13.1. The quantitative estimate of drug-likeness (QED) is 0.462. The van der Waals surface area contributed by atoms with Crippen LogP contribution in [-0.4, -0.2) is 22.7 Å². The lowest BCUT2D eigenvalue weighted by molar-refractivity contribution is 0.102. The van der Waals surface area contributed by atoms with Crippen molar-refractivity contribution in [1.82, 2.24) is 9.97 Å². The number of hydrogen-bond acceptors (Lipinski definition) is 5. The molecule has 4 aromatic rings. The maximum absolute atomic E-state index is 13.1. The number of ether oxygens (including phenoxy) is 2. The van der Waals surface area contributed by atoms with Crippen LogP contribution in [0.2, 0.25) is 5.02 Å². The van der Waals surface area contributed by atoms with E-state index >= 15 is 0 Å². The molecule has 0 bridgehead atoms. The minimum atomic E-state index is -0.265. The van der Waals surface area contributed by atoms with Gasteiger partial charge in [-0.1, -0.05) is 23.4 Å². The van der Waals surface area contributed by atoms with Crippen molar-refractivity contribution in [3.8, 4) is 11.5 Å². The molecule has 2 N–H and O–H groups in total. The average molecular weight is 424 g/mol. The van der Waals surface area contributed by atoms with Gasteiger partial charge in [-0.2, -0.15) is 0 Å². The van der Waals surface area contributed by atoms with Gasteiger partial charge in [0, 0.05) is 33.3 Å². The molecule has 8 heteroatoms. The Hall–Kier alpha value is -3.16. The van der Waals surface area contributed by atoms with E-state index in [4.69, 9.17) is 21.1 Å². The van der Waals surface area contributed by atoms with Gasteiger partial charge in [0.1, 0.15) is 11.3 Å². The summed E-state index contributed by atoms with van der Waals surface area (Å²) >= 11 is 7.47. The van der Waals surface area contributed by atoms with E-state index in [1.165, 1.54) is 11.8 Å². The highest BCUT2D eigenvalue weighted by Gasteiger charge is 2.21. The zero-order valence-corrected chi connectivity index (χ0v) is 16.5. The zero-order valence-electron chi connectivity index (χ0n) is 14.9. The molecule has 0 unspecified atom stereocenters. The van der Waals surface area contributed by atoms with Gasteiger partial charge in [0.2, 0.25) is 6.79 Å². The summed E-state index contributed by atoms with van der Waals surface area (Å²) in [5, 5.41) is 4.46. The molecule has 29 heavy (non-hydrogen) atoms. The molecule has 0 saturated carbocycles. The van der Waals surface area contributed by atoms with E-state index < -0.39 is 0 Å². The van der Waals surface area contributed by atoms with Crippen molar-refractivity contribution in [2.75, 3.05) is 12.1 Å². The zero-order chi connectivity index (χ0) is 19.8. The van der Waals surface area contributed by atoms with E-state index in [1.807, 2.05) is 36.4 Å². The Bertz CT molecular complexity index is 1220. The second-order valence-corrected chi connectivity index (χ2v) is 7.83. The Morgan fingerprint density at radius 3 is 2.79 bits per heavy atom. The fraction of sp³-hybridized carbons (Fsp3) is 0.0476. The minimum absolute atomic E-state index is 0.183. The number of H-pyrrole nitrogens is 1. The van der Waals surface area contributed by atoms with Gasteiger partial charge in [0.15, 0.2) is 11.5 Å². The second-order valence-electron chi connectivity index (χ2n) is 6.31. The van der Waals surface area contributed by atoms with E-state index in [1.54, 1.807) is 24.4 Å². The van der Waals surface area contributed by atoms with Crippen molar-refractivity contribution < 1.29 is 14.3 Å². The summed E-state index contributed by atoms with van der Waals surface area (Å²) < 4.78 is 10.7. The number of carbonyl (C=O) groups excluding carboxylic acids is 1. The SMILES string of the molecule is O=C(Nc1ccc2c(c1)OCO2)c1[nH]c2ncccc2c1Sc1ccc(Cl)cc1. The summed E-state index contributed by atoms with van der Waals surface area (Å²) in [4.78, 5) is 22.3. The van der Waals surface area contributed by atoms with E-state index in [2.05, 4.69) is 15.3 Å². The molecule has 1 aliphatic rings. The highest BCUT2D eigenvalue weighted by atomic mass is 35.5. The number of hydrogen-bond donors (Lipinski definition) is 2. The Morgan fingerprint density at radius 2 is 1.93 bits per heavy atom. The van der Waals surface area contributed by atoms with Crippen molar-refractivity contribution >= 4 is 46.0 Å². The molecule has 2 aromatic heterocycles. The number of halogens is 1. The number of aromatic amines is 1. The molecule has 0 atom stereocenters. The molecule has 0 radical (unpaired) electrons. The molecule has 3 heterocycles. The van der Waals surface area contributed by atoms with Crippen molar-refractivity contribution in [3.05, 3.63) is 71.5 Å². The second kappa shape index (κ2) is 7.35. The van der Waals surface area contributed by atoms with Crippen LogP contribution in [-0.2, 0) is 0 Å². The van der Waals surface area contributed by atoms with E-state index in [9.17, 15) is 4.79 Å². The summed E-state index contributed by atoms with van der Waals surface area (Å²) in [5.41, 5.74) is 1.71. The molecule has 1 amide bonds. The van der Waals surface area contributed by atoms with Crippen LogP contribution in [0.25, 0.3) is 11.0 Å². The predicted molar refractivity (Wildman–Crippen MR) is 112 cm³/mol. The molecule has 0 aliphatic carbocycles. The molecular weight excluding hydrogens is 410 g/mol. The first kappa shape index (κ1) is 17.9. The van der Waals surface area contributed by atoms with Crippen molar-refractivity contribution in [3.63, 3.8) is 0 Å². The van der Waals surface area contributed by atoms with Gasteiger partial charge in [-0.05, 0) is 48.5 Å². The normalized spacial score (nSPS) is 12.3. The fourth-order valence-electron chi connectivity index (χ4n) is 3.05. The average Bonchev–Trinajstić information content (AvgIpc) is 3.34. The van der Waals surface area contributed by atoms with Crippen molar-refractivity contribution in [2.24, 2.45) is 0 Å². The highest BCUT2D eigenvalue weighted by Crippen LogP contribution is 2.38. The number of benzene rings is 2. The molecule has 2 aromatic carbocycles. The number of aromatic nitrogens is 2. The smallest absolute Gasteiger partial charge is 0.273 e. The molecule has 0 saturated heterocycles. The summed E-state index contributed by atoms with van der Waals surface area (Å²) in [6.45, 7) is 0.183. The molecular formula is C21H14ClN3O3S. The summed E-state index contributed by atoms with van der Waals surface area (Å²) in [5.74, 6) is 1.01. The largest absolute Gasteiger partial charge is 0.454 e. The Balaban J connectivity index is 1.50. The van der Waals surface area contributed by atoms with Gasteiger partial charge in [-0.25, -0.2) is 4.98 Å². The molecule has 1 aliphatic heterocycles. The van der Waals surface area contributed by atoms with E-state index in [-0.39, 0.29) is 12.7 Å². The molecule has 6 nitrogen and oxygen atoms in total. The van der Waals surface area contributed by atoms with Gasteiger partial charge in [-0.15, -0.1) is 0 Å². The number of nitrogens with one attached hydrogen (secondary N) is 2. The number of amides is 1. The van der Waals surface area contributed by atoms with Crippen LogP contribution in [0, 0.1) is 0 Å². The van der Waals surface area contributed by atoms with Gasteiger partial charge in [-0.3, -0.25) is 4.79 Å². The lowest BCUT2D eigenvalue weighted by Gasteiger charge is -2.08. The van der Waals surface area contributed by atoms with E-state index in [0.29, 0.717) is 33.6 Å². The molecule has 0 fully saturated rings. The number of nitrogens with zero attached hydrogens (tertiary/aromatic N) is 1. The maximum Gasteiger partial charge on any atom is 0.273 e. The lowest BCUT2D eigenvalue weighted by atomic mass is 10.2. The Morgan fingerprint density at radius 1 is 1.10 bits per heavy atom. The topological polar surface area (TPSA) is 76.2 Å². The first-order valence-electron chi connectivity index (χ1n) is 8.78. The number of carbonyl (C=O) groups is 1. The Kier molecular flexibility index (Phi) is 4.54. The van der Waals surface area contributed by atoms with Crippen molar-refractivity contribution in [2.45, 2.75) is 9.79 Å². The van der Waals surface area contributed by atoms with Gasteiger partial charge >= 0.3 is 0 Å². The van der Waals surface area contributed by atoms with Crippen LogP contribution in [0.15, 0.2) is 70.6 Å². The predicted octanol–water partition coefficient (Wildman–Crippen LogP) is 5.35. The van der Waals surface area contributed by atoms with Gasteiger partial charge < -0.3 is 19.8 Å². The van der Waals surface area contributed by atoms with Crippen LogP contribution in [0.4, 0.5) is 5.69 Å². The highest BCUT2D eigenvalue weighted by molar-refractivity contribution is 7.99. The van der Waals surface area contributed by atoms with Crippen LogP contribution >= 0.6 is 23.4 Å². The molecule has 0 spiro atoms.